The molecule has 2 aliphatic rings. The van der Waals surface area contributed by atoms with Crippen molar-refractivity contribution < 1.29 is 4.74 Å². The lowest BCUT2D eigenvalue weighted by atomic mass is 9.95. The van der Waals surface area contributed by atoms with Crippen molar-refractivity contribution in [2.75, 3.05) is 32.8 Å². The number of hydrogen-bond donors (Lipinski definition) is 1. The quantitative estimate of drug-likeness (QED) is 0.674. The first-order chi connectivity index (χ1) is 6.40. The first kappa shape index (κ1) is 9.44. The van der Waals surface area contributed by atoms with Gasteiger partial charge in [-0.05, 0) is 32.4 Å². The maximum absolute atomic E-state index is 5.50. The van der Waals surface area contributed by atoms with Crippen LogP contribution in [0.25, 0.3) is 0 Å². The Morgan fingerprint density at radius 2 is 2.23 bits per heavy atom. The van der Waals surface area contributed by atoms with Crippen molar-refractivity contribution in [2.24, 2.45) is 11.7 Å². The van der Waals surface area contributed by atoms with Gasteiger partial charge in [0, 0.05) is 18.5 Å². The van der Waals surface area contributed by atoms with Crippen LogP contribution < -0.4 is 5.73 Å². The summed E-state index contributed by atoms with van der Waals surface area (Å²) in [5.41, 5.74) is 5.50. The van der Waals surface area contributed by atoms with Crippen molar-refractivity contribution >= 4 is 0 Å². The molecule has 0 spiro atoms. The van der Waals surface area contributed by atoms with Crippen LogP contribution in [-0.4, -0.2) is 43.8 Å². The Bertz CT molecular complexity index is 159. The molecule has 2 saturated heterocycles. The van der Waals surface area contributed by atoms with Crippen LogP contribution in [0.15, 0.2) is 0 Å². The molecule has 2 heterocycles. The molecule has 0 bridgehead atoms. The Morgan fingerprint density at radius 1 is 1.38 bits per heavy atom. The van der Waals surface area contributed by atoms with E-state index in [0.29, 0.717) is 0 Å². The van der Waals surface area contributed by atoms with Gasteiger partial charge in [0.15, 0.2) is 0 Å². The molecule has 0 aromatic heterocycles. The summed E-state index contributed by atoms with van der Waals surface area (Å²) >= 11 is 0. The van der Waals surface area contributed by atoms with Crippen LogP contribution in [0, 0.1) is 5.92 Å². The van der Waals surface area contributed by atoms with E-state index in [2.05, 4.69) is 4.90 Å². The third-order valence-electron chi connectivity index (χ3n) is 3.21. The Balaban J connectivity index is 1.62. The van der Waals surface area contributed by atoms with Crippen molar-refractivity contribution in [3.8, 4) is 0 Å². The Hall–Kier alpha value is -0.120. The number of nitrogens with zero attached hydrogens (tertiary/aromatic N) is 1. The van der Waals surface area contributed by atoms with Crippen LogP contribution in [0.3, 0.4) is 0 Å². The third-order valence-corrected chi connectivity index (χ3v) is 3.21. The molecule has 0 aromatic rings. The Morgan fingerprint density at radius 3 is 2.69 bits per heavy atom. The summed E-state index contributed by atoms with van der Waals surface area (Å²) < 4.78 is 5.17. The van der Waals surface area contributed by atoms with Crippen molar-refractivity contribution in [1.82, 2.24) is 4.90 Å². The molecule has 2 N–H and O–H groups in total. The zero-order valence-corrected chi connectivity index (χ0v) is 8.24. The fourth-order valence-corrected chi connectivity index (χ4v) is 2.14. The van der Waals surface area contributed by atoms with Crippen LogP contribution in [0.4, 0.5) is 0 Å². The summed E-state index contributed by atoms with van der Waals surface area (Å²) in [5.74, 6) is 0.820. The molecule has 2 aliphatic heterocycles. The van der Waals surface area contributed by atoms with Gasteiger partial charge in [-0.15, -0.1) is 0 Å². The number of rotatable bonds is 5. The summed E-state index contributed by atoms with van der Waals surface area (Å²) in [5, 5.41) is 0. The molecule has 3 nitrogen and oxygen atoms in total. The maximum atomic E-state index is 5.50. The molecule has 1 unspecified atom stereocenters. The summed E-state index contributed by atoms with van der Waals surface area (Å²) in [6.45, 7) is 5.37. The summed E-state index contributed by atoms with van der Waals surface area (Å²) in [6, 6.07) is 0.837. The molecular weight excluding hydrogens is 164 g/mol. The van der Waals surface area contributed by atoms with Gasteiger partial charge < -0.3 is 10.5 Å². The monoisotopic (exact) mass is 184 g/mol. The average molecular weight is 184 g/mol. The highest BCUT2D eigenvalue weighted by Crippen LogP contribution is 2.24. The second kappa shape index (κ2) is 4.40. The van der Waals surface area contributed by atoms with E-state index in [1.165, 1.54) is 32.4 Å². The van der Waals surface area contributed by atoms with E-state index in [1.807, 2.05) is 0 Å². The van der Waals surface area contributed by atoms with E-state index in [1.54, 1.807) is 0 Å². The van der Waals surface area contributed by atoms with Gasteiger partial charge in [0.05, 0.1) is 13.2 Å². The van der Waals surface area contributed by atoms with E-state index >= 15 is 0 Å². The standard InChI is InChI=1S/C10H20N2O/c11-4-1-2-10-3-5-12(10)6-9-7-13-8-9/h9-10H,1-8,11H2. The molecule has 13 heavy (non-hydrogen) atoms. The topological polar surface area (TPSA) is 38.5 Å². The van der Waals surface area contributed by atoms with E-state index in [4.69, 9.17) is 10.5 Å². The fraction of sp³-hybridized carbons (Fsp3) is 1.00. The van der Waals surface area contributed by atoms with E-state index in [0.717, 1.165) is 31.7 Å². The summed E-state index contributed by atoms with van der Waals surface area (Å²) in [4.78, 5) is 2.60. The number of likely N-dealkylation sites (tertiary alicyclic amines) is 1. The Kier molecular flexibility index (Phi) is 3.19. The SMILES string of the molecule is NCCCC1CCN1CC1COC1. The lowest BCUT2D eigenvalue weighted by molar-refractivity contribution is -0.0657. The highest BCUT2D eigenvalue weighted by molar-refractivity contribution is 4.85. The van der Waals surface area contributed by atoms with Crippen molar-refractivity contribution in [3.05, 3.63) is 0 Å². The predicted octanol–water partition coefficient (Wildman–Crippen LogP) is 0.446. The number of ether oxygens (including phenoxy) is 1. The molecule has 2 fully saturated rings. The van der Waals surface area contributed by atoms with E-state index in [-0.39, 0.29) is 0 Å². The van der Waals surface area contributed by atoms with Crippen molar-refractivity contribution in [3.63, 3.8) is 0 Å². The zero-order chi connectivity index (χ0) is 9.10. The molecular formula is C10H20N2O. The van der Waals surface area contributed by atoms with Gasteiger partial charge in [0.1, 0.15) is 0 Å². The van der Waals surface area contributed by atoms with E-state index in [9.17, 15) is 0 Å². The largest absolute Gasteiger partial charge is 0.381 e. The van der Waals surface area contributed by atoms with Gasteiger partial charge in [-0.2, -0.15) is 0 Å². The predicted molar refractivity (Wildman–Crippen MR) is 52.6 cm³/mol. The molecule has 0 saturated carbocycles. The minimum Gasteiger partial charge on any atom is -0.381 e. The molecule has 2 rings (SSSR count). The average Bonchev–Trinajstić information content (AvgIpc) is 2.00. The van der Waals surface area contributed by atoms with Gasteiger partial charge in [-0.3, -0.25) is 4.90 Å². The lowest BCUT2D eigenvalue weighted by Gasteiger charge is -2.44. The van der Waals surface area contributed by atoms with Gasteiger partial charge in [0.2, 0.25) is 0 Å². The minimum absolute atomic E-state index is 0.820. The highest BCUT2D eigenvalue weighted by Gasteiger charge is 2.31. The van der Waals surface area contributed by atoms with Crippen LogP contribution in [-0.2, 0) is 4.74 Å². The van der Waals surface area contributed by atoms with Crippen LogP contribution in [0.1, 0.15) is 19.3 Å². The molecule has 0 aliphatic carbocycles. The fourth-order valence-electron chi connectivity index (χ4n) is 2.14. The smallest absolute Gasteiger partial charge is 0.0528 e. The van der Waals surface area contributed by atoms with Crippen LogP contribution >= 0.6 is 0 Å². The van der Waals surface area contributed by atoms with Gasteiger partial charge >= 0.3 is 0 Å². The van der Waals surface area contributed by atoms with Crippen molar-refractivity contribution in [1.29, 1.82) is 0 Å². The zero-order valence-electron chi connectivity index (χ0n) is 8.24. The van der Waals surface area contributed by atoms with Gasteiger partial charge in [-0.25, -0.2) is 0 Å². The molecule has 0 radical (unpaired) electrons. The van der Waals surface area contributed by atoms with Crippen LogP contribution in [0.2, 0.25) is 0 Å². The molecule has 3 heteroatoms. The molecule has 0 amide bonds. The first-order valence-electron chi connectivity index (χ1n) is 5.42. The maximum Gasteiger partial charge on any atom is 0.0528 e. The minimum atomic E-state index is 0.820. The number of hydrogen-bond acceptors (Lipinski definition) is 3. The number of nitrogens with two attached hydrogens (primary N) is 1. The molecule has 76 valence electrons. The highest BCUT2D eigenvalue weighted by atomic mass is 16.5. The summed E-state index contributed by atoms with van der Waals surface area (Å²) in [7, 11) is 0. The first-order valence-corrected chi connectivity index (χ1v) is 5.42. The van der Waals surface area contributed by atoms with Crippen molar-refractivity contribution in [2.45, 2.75) is 25.3 Å². The molecule has 1 atom stereocenters. The second-order valence-electron chi connectivity index (χ2n) is 4.27. The van der Waals surface area contributed by atoms with Gasteiger partial charge in [-0.1, -0.05) is 0 Å². The Labute approximate surface area is 80.2 Å². The lowest BCUT2D eigenvalue weighted by Crippen LogP contribution is -2.52. The third kappa shape index (κ3) is 2.22. The summed E-state index contributed by atoms with van der Waals surface area (Å²) in [6.07, 6.45) is 3.86. The van der Waals surface area contributed by atoms with Gasteiger partial charge in [0.25, 0.3) is 0 Å². The normalized spacial score (nSPS) is 29.8. The molecule has 0 aromatic carbocycles. The second-order valence-corrected chi connectivity index (χ2v) is 4.27. The van der Waals surface area contributed by atoms with Crippen LogP contribution in [0.5, 0.6) is 0 Å². The van der Waals surface area contributed by atoms with E-state index < -0.39 is 0 Å².